The SMILES string of the molecule is COc1cc(NC(=O)C(=O)NC(C)(C)CNC(=O)c2ccsc2)ccc1-c1cnco1. The highest BCUT2D eigenvalue weighted by atomic mass is 32.1. The van der Waals surface area contributed by atoms with Crippen LogP contribution in [-0.2, 0) is 9.59 Å². The molecule has 3 aromatic rings. The molecule has 3 amide bonds. The van der Waals surface area contributed by atoms with Gasteiger partial charge >= 0.3 is 11.8 Å². The van der Waals surface area contributed by atoms with Crippen LogP contribution in [0, 0.1) is 0 Å². The second-order valence-electron chi connectivity index (χ2n) is 7.27. The van der Waals surface area contributed by atoms with E-state index in [2.05, 4.69) is 20.9 Å². The predicted molar refractivity (Wildman–Crippen MR) is 116 cm³/mol. The highest BCUT2D eigenvalue weighted by molar-refractivity contribution is 7.08. The van der Waals surface area contributed by atoms with Gasteiger partial charge in [-0.05, 0) is 37.4 Å². The van der Waals surface area contributed by atoms with Gasteiger partial charge in [-0.1, -0.05) is 0 Å². The van der Waals surface area contributed by atoms with Crippen LogP contribution in [0.5, 0.6) is 5.75 Å². The average molecular weight is 442 g/mol. The molecule has 31 heavy (non-hydrogen) atoms. The van der Waals surface area contributed by atoms with E-state index in [1.807, 2.05) is 0 Å². The van der Waals surface area contributed by atoms with E-state index in [0.29, 0.717) is 28.3 Å². The number of amides is 3. The molecule has 9 nitrogen and oxygen atoms in total. The standard InChI is InChI=1S/C21H22N4O5S/c1-21(2,11-23-18(26)13-6-7-31-10-13)25-20(28)19(27)24-14-4-5-15(16(8-14)29-3)17-9-22-12-30-17/h4-10,12H,11H2,1-3H3,(H,23,26)(H,24,27)(H,25,28). The molecule has 0 aliphatic heterocycles. The van der Waals surface area contributed by atoms with Crippen molar-refractivity contribution in [1.29, 1.82) is 0 Å². The number of benzene rings is 1. The Balaban J connectivity index is 1.58. The van der Waals surface area contributed by atoms with Crippen LogP contribution in [0.1, 0.15) is 24.2 Å². The van der Waals surface area contributed by atoms with Crippen LogP contribution in [0.25, 0.3) is 11.3 Å². The number of oxazole rings is 1. The van der Waals surface area contributed by atoms with E-state index in [9.17, 15) is 14.4 Å². The van der Waals surface area contributed by atoms with Crippen molar-refractivity contribution in [3.05, 3.63) is 53.2 Å². The van der Waals surface area contributed by atoms with Gasteiger partial charge in [-0.2, -0.15) is 11.3 Å². The molecule has 0 aliphatic rings. The molecule has 162 valence electrons. The maximum Gasteiger partial charge on any atom is 0.313 e. The number of carbonyl (C=O) groups is 3. The first-order chi connectivity index (χ1) is 14.8. The molecule has 2 heterocycles. The van der Waals surface area contributed by atoms with Crippen LogP contribution in [0.15, 0.2) is 52.0 Å². The Labute approximate surface area is 182 Å². The Bertz CT molecular complexity index is 1060. The fourth-order valence-electron chi connectivity index (χ4n) is 2.71. The van der Waals surface area contributed by atoms with Crippen molar-refractivity contribution in [2.24, 2.45) is 0 Å². The molecule has 3 N–H and O–H groups in total. The number of thiophene rings is 1. The Morgan fingerprint density at radius 1 is 1.19 bits per heavy atom. The molecular formula is C21H22N4O5S. The summed E-state index contributed by atoms with van der Waals surface area (Å²) in [4.78, 5) is 40.6. The summed E-state index contributed by atoms with van der Waals surface area (Å²) in [5.41, 5.74) is 0.745. The summed E-state index contributed by atoms with van der Waals surface area (Å²) in [5.74, 6) is -0.947. The number of anilines is 1. The number of carbonyl (C=O) groups excluding carboxylic acids is 3. The first-order valence-electron chi connectivity index (χ1n) is 9.30. The number of hydrogen-bond donors (Lipinski definition) is 3. The Morgan fingerprint density at radius 3 is 2.65 bits per heavy atom. The fraction of sp³-hybridized carbons (Fsp3) is 0.238. The number of nitrogens with one attached hydrogen (secondary N) is 3. The zero-order valence-corrected chi connectivity index (χ0v) is 18.0. The third kappa shape index (κ3) is 5.70. The fourth-order valence-corrected chi connectivity index (χ4v) is 3.35. The second kappa shape index (κ2) is 9.43. The van der Waals surface area contributed by atoms with Crippen molar-refractivity contribution in [3.63, 3.8) is 0 Å². The topological polar surface area (TPSA) is 123 Å². The smallest absolute Gasteiger partial charge is 0.313 e. The first kappa shape index (κ1) is 22.0. The van der Waals surface area contributed by atoms with Gasteiger partial charge in [0.1, 0.15) is 5.75 Å². The van der Waals surface area contributed by atoms with Gasteiger partial charge in [-0.3, -0.25) is 14.4 Å². The van der Waals surface area contributed by atoms with E-state index in [1.165, 1.54) is 24.8 Å². The van der Waals surface area contributed by atoms with E-state index < -0.39 is 17.4 Å². The van der Waals surface area contributed by atoms with Gasteiger partial charge in [-0.15, -0.1) is 0 Å². The Hall–Kier alpha value is -3.66. The van der Waals surface area contributed by atoms with Crippen molar-refractivity contribution in [3.8, 4) is 17.1 Å². The Kier molecular flexibility index (Phi) is 6.71. The zero-order valence-electron chi connectivity index (χ0n) is 17.2. The Morgan fingerprint density at radius 2 is 2.00 bits per heavy atom. The number of rotatable bonds is 7. The molecule has 0 aliphatic carbocycles. The zero-order chi connectivity index (χ0) is 22.4. The minimum Gasteiger partial charge on any atom is -0.496 e. The van der Waals surface area contributed by atoms with Crippen molar-refractivity contribution >= 4 is 34.7 Å². The maximum atomic E-state index is 12.4. The minimum atomic E-state index is -0.841. The van der Waals surface area contributed by atoms with E-state index in [-0.39, 0.29) is 12.5 Å². The number of ether oxygens (including phenoxy) is 1. The number of methoxy groups -OCH3 is 1. The lowest BCUT2D eigenvalue weighted by Gasteiger charge is -2.26. The highest BCUT2D eigenvalue weighted by Crippen LogP contribution is 2.32. The molecule has 3 rings (SSSR count). The van der Waals surface area contributed by atoms with Crippen LogP contribution in [0.4, 0.5) is 5.69 Å². The molecule has 0 saturated heterocycles. The summed E-state index contributed by atoms with van der Waals surface area (Å²) < 4.78 is 10.6. The average Bonchev–Trinajstić information content (AvgIpc) is 3.45. The number of nitrogens with zero attached hydrogens (tertiary/aromatic N) is 1. The molecule has 0 spiro atoms. The summed E-state index contributed by atoms with van der Waals surface area (Å²) in [7, 11) is 1.49. The summed E-state index contributed by atoms with van der Waals surface area (Å²) in [6.45, 7) is 3.57. The molecule has 0 saturated carbocycles. The molecule has 1 aromatic carbocycles. The van der Waals surface area contributed by atoms with Gasteiger partial charge in [0.15, 0.2) is 12.2 Å². The van der Waals surface area contributed by atoms with Crippen molar-refractivity contribution in [2.45, 2.75) is 19.4 Å². The molecular weight excluding hydrogens is 420 g/mol. The third-order valence-corrected chi connectivity index (χ3v) is 4.97. The summed E-state index contributed by atoms with van der Waals surface area (Å²) in [5, 5.41) is 11.4. The van der Waals surface area contributed by atoms with E-state index in [1.54, 1.807) is 55.1 Å². The normalized spacial score (nSPS) is 10.9. The lowest BCUT2D eigenvalue weighted by Crippen LogP contribution is -2.54. The van der Waals surface area contributed by atoms with Crippen LogP contribution >= 0.6 is 11.3 Å². The lowest BCUT2D eigenvalue weighted by molar-refractivity contribution is -0.137. The van der Waals surface area contributed by atoms with Gasteiger partial charge in [0, 0.05) is 29.2 Å². The highest BCUT2D eigenvalue weighted by Gasteiger charge is 2.25. The maximum absolute atomic E-state index is 12.4. The predicted octanol–water partition coefficient (Wildman–Crippen LogP) is 2.68. The van der Waals surface area contributed by atoms with Crippen LogP contribution < -0.4 is 20.7 Å². The van der Waals surface area contributed by atoms with Gasteiger partial charge in [0.05, 0.1) is 24.4 Å². The number of hydrogen-bond acceptors (Lipinski definition) is 7. The summed E-state index contributed by atoms with van der Waals surface area (Å²) in [6.07, 6.45) is 2.85. The molecule has 0 unspecified atom stereocenters. The van der Waals surface area contributed by atoms with Crippen LogP contribution in [0.3, 0.4) is 0 Å². The summed E-state index contributed by atoms with van der Waals surface area (Å²) >= 11 is 1.42. The van der Waals surface area contributed by atoms with E-state index >= 15 is 0 Å². The first-order valence-corrected chi connectivity index (χ1v) is 10.2. The molecule has 0 atom stereocenters. The van der Waals surface area contributed by atoms with Crippen molar-refractivity contribution in [1.82, 2.24) is 15.6 Å². The van der Waals surface area contributed by atoms with Crippen LogP contribution in [-0.4, -0.2) is 41.9 Å². The minimum absolute atomic E-state index is 0.153. The van der Waals surface area contributed by atoms with Crippen molar-refractivity contribution < 1.29 is 23.5 Å². The van der Waals surface area contributed by atoms with E-state index in [4.69, 9.17) is 9.15 Å². The quantitative estimate of drug-likeness (QED) is 0.484. The second-order valence-corrected chi connectivity index (χ2v) is 8.05. The van der Waals surface area contributed by atoms with Crippen LogP contribution in [0.2, 0.25) is 0 Å². The van der Waals surface area contributed by atoms with Gasteiger partial charge < -0.3 is 25.1 Å². The van der Waals surface area contributed by atoms with Crippen molar-refractivity contribution in [2.75, 3.05) is 19.0 Å². The molecule has 0 fully saturated rings. The summed E-state index contributed by atoms with van der Waals surface area (Å²) in [6, 6.07) is 6.60. The van der Waals surface area contributed by atoms with Gasteiger partial charge in [0.25, 0.3) is 5.91 Å². The number of aromatic nitrogens is 1. The van der Waals surface area contributed by atoms with E-state index in [0.717, 1.165) is 0 Å². The third-order valence-electron chi connectivity index (χ3n) is 4.29. The van der Waals surface area contributed by atoms with Gasteiger partial charge in [-0.25, -0.2) is 4.98 Å². The molecule has 0 radical (unpaired) electrons. The molecule has 10 heteroatoms. The molecule has 2 aromatic heterocycles. The monoisotopic (exact) mass is 442 g/mol. The van der Waals surface area contributed by atoms with Gasteiger partial charge in [0.2, 0.25) is 0 Å². The molecule has 0 bridgehead atoms. The lowest BCUT2D eigenvalue weighted by atomic mass is 10.1. The largest absolute Gasteiger partial charge is 0.496 e.